The van der Waals surface area contributed by atoms with E-state index in [4.69, 9.17) is 4.74 Å². The van der Waals surface area contributed by atoms with E-state index in [0.29, 0.717) is 6.04 Å². The minimum Gasteiger partial charge on any atom is -0.382 e. The molecule has 0 fully saturated rings. The van der Waals surface area contributed by atoms with Crippen LogP contribution in [0.3, 0.4) is 0 Å². The van der Waals surface area contributed by atoms with Gasteiger partial charge in [0.25, 0.3) is 0 Å². The molecule has 2 unspecified atom stereocenters. The monoisotopic (exact) mass is 345 g/mol. The standard InChI is InChI=1S/C16H25BrFNO/c1-4-9-19-15(8-5-12(2)20-3)10-13-6-7-14(18)11-16(13)17/h6-7,11-12,15,19H,4-5,8-10H2,1-3H3. The maximum atomic E-state index is 13.1. The summed E-state index contributed by atoms with van der Waals surface area (Å²) in [5, 5.41) is 3.57. The largest absolute Gasteiger partial charge is 0.382 e. The van der Waals surface area contributed by atoms with E-state index in [-0.39, 0.29) is 11.9 Å². The molecule has 2 atom stereocenters. The summed E-state index contributed by atoms with van der Waals surface area (Å²) < 4.78 is 19.3. The molecule has 0 spiro atoms. The molecule has 0 aliphatic heterocycles. The van der Waals surface area contributed by atoms with Crippen molar-refractivity contribution in [1.29, 1.82) is 0 Å². The third-order valence-electron chi connectivity index (χ3n) is 3.49. The highest BCUT2D eigenvalue weighted by molar-refractivity contribution is 9.10. The number of benzene rings is 1. The van der Waals surface area contributed by atoms with Crippen molar-refractivity contribution in [1.82, 2.24) is 5.32 Å². The molecule has 1 aromatic rings. The number of ether oxygens (including phenoxy) is 1. The average molecular weight is 346 g/mol. The fourth-order valence-corrected chi connectivity index (χ4v) is 2.64. The summed E-state index contributed by atoms with van der Waals surface area (Å²) in [7, 11) is 1.75. The summed E-state index contributed by atoms with van der Waals surface area (Å²) in [5.74, 6) is -0.202. The lowest BCUT2D eigenvalue weighted by Crippen LogP contribution is -2.32. The highest BCUT2D eigenvalue weighted by Crippen LogP contribution is 2.21. The third kappa shape index (κ3) is 6.33. The van der Waals surface area contributed by atoms with Crippen LogP contribution in [0, 0.1) is 5.82 Å². The molecule has 0 amide bonds. The predicted octanol–water partition coefficient (Wildman–Crippen LogP) is 4.31. The van der Waals surface area contributed by atoms with Crippen LogP contribution in [0.15, 0.2) is 22.7 Å². The number of hydrogen-bond acceptors (Lipinski definition) is 2. The third-order valence-corrected chi connectivity index (χ3v) is 4.23. The highest BCUT2D eigenvalue weighted by Gasteiger charge is 2.13. The van der Waals surface area contributed by atoms with Crippen molar-refractivity contribution in [2.45, 2.75) is 51.7 Å². The highest BCUT2D eigenvalue weighted by atomic mass is 79.9. The zero-order valence-corrected chi connectivity index (χ0v) is 14.2. The second kappa shape index (κ2) is 9.48. The van der Waals surface area contributed by atoms with Crippen LogP contribution < -0.4 is 5.32 Å². The van der Waals surface area contributed by atoms with Gasteiger partial charge in [-0.1, -0.05) is 28.9 Å². The van der Waals surface area contributed by atoms with Gasteiger partial charge >= 0.3 is 0 Å². The quantitative estimate of drug-likeness (QED) is 0.719. The first-order chi connectivity index (χ1) is 9.56. The Balaban J connectivity index is 2.62. The molecule has 2 nitrogen and oxygen atoms in total. The Morgan fingerprint density at radius 3 is 2.70 bits per heavy atom. The van der Waals surface area contributed by atoms with E-state index >= 15 is 0 Å². The van der Waals surface area contributed by atoms with Crippen molar-refractivity contribution in [3.8, 4) is 0 Å². The zero-order valence-electron chi connectivity index (χ0n) is 12.6. The van der Waals surface area contributed by atoms with E-state index in [0.717, 1.165) is 42.3 Å². The molecule has 0 saturated carbocycles. The van der Waals surface area contributed by atoms with E-state index in [9.17, 15) is 4.39 Å². The summed E-state index contributed by atoms with van der Waals surface area (Å²) >= 11 is 3.45. The van der Waals surface area contributed by atoms with Gasteiger partial charge in [-0.25, -0.2) is 4.39 Å². The van der Waals surface area contributed by atoms with Crippen LogP contribution in [-0.2, 0) is 11.2 Å². The van der Waals surface area contributed by atoms with Crippen LogP contribution in [-0.4, -0.2) is 25.8 Å². The molecule has 0 bridgehead atoms. The number of rotatable bonds is 9. The lowest BCUT2D eigenvalue weighted by atomic mass is 10.00. The van der Waals surface area contributed by atoms with Crippen LogP contribution in [0.5, 0.6) is 0 Å². The van der Waals surface area contributed by atoms with Gasteiger partial charge in [0, 0.05) is 17.6 Å². The first-order valence-corrected chi connectivity index (χ1v) is 8.06. The zero-order chi connectivity index (χ0) is 15.0. The first-order valence-electron chi connectivity index (χ1n) is 7.26. The smallest absolute Gasteiger partial charge is 0.124 e. The van der Waals surface area contributed by atoms with E-state index in [2.05, 4.69) is 35.1 Å². The Morgan fingerprint density at radius 1 is 1.35 bits per heavy atom. The molecule has 0 aromatic heterocycles. The Morgan fingerprint density at radius 2 is 2.10 bits per heavy atom. The van der Waals surface area contributed by atoms with Crippen LogP contribution in [0.1, 0.15) is 38.7 Å². The molecular weight excluding hydrogens is 321 g/mol. The average Bonchev–Trinajstić information content (AvgIpc) is 2.43. The van der Waals surface area contributed by atoms with Crippen molar-refractivity contribution in [3.05, 3.63) is 34.1 Å². The van der Waals surface area contributed by atoms with E-state index in [1.807, 2.05) is 6.07 Å². The van der Waals surface area contributed by atoms with Crippen LogP contribution in [0.25, 0.3) is 0 Å². The van der Waals surface area contributed by atoms with Crippen LogP contribution in [0.4, 0.5) is 4.39 Å². The van der Waals surface area contributed by atoms with Crippen LogP contribution in [0.2, 0.25) is 0 Å². The van der Waals surface area contributed by atoms with E-state index < -0.39 is 0 Å². The summed E-state index contributed by atoms with van der Waals surface area (Å²) in [6.07, 6.45) is 4.37. The van der Waals surface area contributed by atoms with E-state index in [1.54, 1.807) is 7.11 Å². The lowest BCUT2D eigenvalue weighted by Gasteiger charge is -2.21. The Bertz CT molecular complexity index is 400. The molecule has 0 aliphatic carbocycles. The van der Waals surface area contributed by atoms with Crippen molar-refractivity contribution < 1.29 is 9.13 Å². The molecule has 0 aliphatic rings. The van der Waals surface area contributed by atoms with Gasteiger partial charge in [-0.15, -0.1) is 0 Å². The maximum absolute atomic E-state index is 13.1. The summed E-state index contributed by atoms with van der Waals surface area (Å²) in [5.41, 5.74) is 1.14. The number of nitrogens with one attached hydrogen (secondary N) is 1. The predicted molar refractivity (Wildman–Crippen MR) is 85.6 cm³/mol. The normalized spacial score (nSPS) is 14.2. The van der Waals surface area contributed by atoms with Gasteiger partial charge in [0.15, 0.2) is 0 Å². The van der Waals surface area contributed by atoms with Crippen molar-refractivity contribution in [2.75, 3.05) is 13.7 Å². The Labute approximate surface area is 130 Å². The van der Waals surface area contributed by atoms with Crippen molar-refractivity contribution in [3.63, 3.8) is 0 Å². The number of methoxy groups -OCH3 is 1. The van der Waals surface area contributed by atoms with Gasteiger partial charge in [-0.2, -0.15) is 0 Å². The minimum absolute atomic E-state index is 0.202. The summed E-state index contributed by atoms with van der Waals surface area (Å²) in [6, 6.07) is 5.31. The van der Waals surface area contributed by atoms with Gasteiger partial charge < -0.3 is 10.1 Å². The Kier molecular flexibility index (Phi) is 8.34. The molecule has 0 saturated heterocycles. The van der Waals surface area contributed by atoms with Crippen molar-refractivity contribution >= 4 is 15.9 Å². The summed E-state index contributed by atoms with van der Waals surface area (Å²) in [4.78, 5) is 0. The molecule has 0 radical (unpaired) electrons. The minimum atomic E-state index is -0.202. The number of hydrogen-bond donors (Lipinski definition) is 1. The number of halogens is 2. The van der Waals surface area contributed by atoms with Gasteiger partial charge in [-0.05, 0) is 56.8 Å². The van der Waals surface area contributed by atoms with Crippen molar-refractivity contribution in [2.24, 2.45) is 0 Å². The first kappa shape index (κ1) is 17.6. The Hall–Kier alpha value is -0.450. The van der Waals surface area contributed by atoms with Gasteiger partial charge in [0.05, 0.1) is 6.10 Å². The lowest BCUT2D eigenvalue weighted by molar-refractivity contribution is 0.106. The second-order valence-corrected chi connectivity index (χ2v) is 6.07. The summed E-state index contributed by atoms with van der Waals surface area (Å²) in [6.45, 7) is 5.26. The molecule has 1 rings (SSSR count). The van der Waals surface area contributed by atoms with Gasteiger partial charge in [-0.3, -0.25) is 0 Å². The molecule has 114 valence electrons. The fourth-order valence-electron chi connectivity index (χ4n) is 2.13. The molecule has 1 N–H and O–H groups in total. The molecule has 0 heterocycles. The molecule has 1 aromatic carbocycles. The SMILES string of the molecule is CCCNC(CCC(C)OC)Cc1ccc(F)cc1Br. The molecule has 20 heavy (non-hydrogen) atoms. The van der Waals surface area contributed by atoms with Crippen LogP contribution >= 0.6 is 15.9 Å². The maximum Gasteiger partial charge on any atom is 0.124 e. The van der Waals surface area contributed by atoms with Gasteiger partial charge in [0.1, 0.15) is 5.82 Å². The fraction of sp³-hybridized carbons (Fsp3) is 0.625. The topological polar surface area (TPSA) is 21.3 Å². The molecular formula is C16H25BrFNO. The second-order valence-electron chi connectivity index (χ2n) is 5.21. The van der Waals surface area contributed by atoms with E-state index in [1.165, 1.54) is 12.1 Å². The molecule has 4 heteroatoms. The van der Waals surface area contributed by atoms with Gasteiger partial charge in [0.2, 0.25) is 0 Å².